The minimum Gasteiger partial charge on any atom is -0.497 e. The van der Waals surface area contributed by atoms with Crippen molar-refractivity contribution in [3.05, 3.63) is 29.8 Å². The van der Waals surface area contributed by atoms with Crippen LogP contribution in [0.3, 0.4) is 0 Å². The van der Waals surface area contributed by atoms with E-state index in [0.717, 1.165) is 11.8 Å². The minimum atomic E-state index is 0.707. The quantitative estimate of drug-likeness (QED) is 0.796. The van der Waals surface area contributed by atoms with Crippen LogP contribution in [0.25, 0.3) is 0 Å². The zero-order valence-corrected chi connectivity index (χ0v) is 9.07. The molecule has 0 saturated carbocycles. The maximum absolute atomic E-state index is 5.27. The molecule has 0 unspecified atom stereocenters. The summed E-state index contributed by atoms with van der Waals surface area (Å²) in [6.45, 7) is 0. The molecule has 2 fully saturated rings. The molecule has 2 bridgehead atoms. The van der Waals surface area contributed by atoms with E-state index in [4.69, 9.17) is 4.74 Å². The molecular weight excluding hydrogens is 186 g/mol. The molecule has 3 atom stereocenters. The van der Waals surface area contributed by atoms with Gasteiger partial charge in [0.15, 0.2) is 0 Å². The van der Waals surface area contributed by atoms with Gasteiger partial charge >= 0.3 is 0 Å². The largest absolute Gasteiger partial charge is 0.497 e. The molecule has 80 valence electrons. The van der Waals surface area contributed by atoms with Gasteiger partial charge in [-0.2, -0.15) is 0 Å². The van der Waals surface area contributed by atoms with Gasteiger partial charge in [-0.15, -0.1) is 0 Å². The Balaban J connectivity index is 1.86. The maximum Gasteiger partial charge on any atom is 0.119 e. The third-order valence-electron chi connectivity index (χ3n) is 3.82. The van der Waals surface area contributed by atoms with Crippen molar-refractivity contribution < 1.29 is 4.74 Å². The van der Waals surface area contributed by atoms with Crippen LogP contribution in [0.5, 0.6) is 5.75 Å². The Labute approximate surface area is 90.6 Å². The van der Waals surface area contributed by atoms with E-state index in [9.17, 15) is 0 Å². The summed E-state index contributed by atoms with van der Waals surface area (Å²) >= 11 is 0. The molecule has 15 heavy (non-hydrogen) atoms. The second-order valence-electron chi connectivity index (χ2n) is 4.67. The number of benzene rings is 1. The summed E-state index contributed by atoms with van der Waals surface area (Å²) in [5.74, 6) is 1.69. The van der Waals surface area contributed by atoms with Crippen LogP contribution >= 0.6 is 0 Å². The van der Waals surface area contributed by atoms with Crippen LogP contribution in [0.15, 0.2) is 24.3 Å². The molecule has 0 aromatic heterocycles. The Morgan fingerprint density at radius 1 is 1.33 bits per heavy atom. The Hall–Kier alpha value is -1.02. The summed E-state index contributed by atoms with van der Waals surface area (Å²) in [5.41, 5.74) is 1.44. The van der Waals surface area contributed by atoms with E-state index in [1.165, 1.54) is 24.8 Å². The van der Waals surface area contributed by atoms with Gasteiger partial charge in [0.05, 0.1) is 7.11 Å². The number of nitrogens with one attached hydrogen (secondary N) is 1. The first-order chi connectivity index (χ1) is 7.36. The molecule has 1 aromatic rings. The summed E-state index contributed by atoms with van der Waals surface area (Å²) in [5, 5.41) is 3.67. The fraction of sp³-hybridized carbons (Fsp3) is 0.538. The highest BCUT2D eigenvalue weighted by molar-refractivity contribution is 5.33. The zero-order chi connectivity index (χ0) is 10.3. The van der Waals surface area contributed by atoms with Gasteiger partial charge in [0.1, 0.15) is 5.75 Å². The summed E-state index contributed by atoms with van der Waals surface area (Å²) in [6, 6.07) is 10.0. The smallest absolute Gasteiger partial charge is 0.119 e. The topological polar surface area (TPSA) is 21.3 Å². The van der Waals surface area contributed by atoms with Crippen molar-refractivity contribution in [2.75, 3.05) is 7.11 Å². The lowest BCUT2D eigenvalue weighted by Gasteiger charge is -2.20. The Bertz CT molecular complexity index is 363. The van der Waals surface area contributed by atoms with E-state index in [1.54, 1.807) is 7.11 Å². The van der Waals surface area contributed by atoms with Crippen LogP contribution in [0.4, 0.5) is 0 Å². The highest BCUT2D eigenvalue weighted by Gasteiger charge is 2.39. The van der Waals surface area contributed by atoms with Crippen LogP contribution in [0.1, 0.15) is 30.7 Å². The van der Waals surface area contributed by atoms with Gasteiger partial charge in [0.2, 0.25) is 0 Å². The van der Waals surface area contributed by atoms with Gasteiger partial charge < -0.3 is 10.1 Å². The van der Waals surface area contributed by atoms with Crippen LogP contribution in [-0.4, -0.2) is 19.2 Å². The molecular formula is C13H17NO. The maximum atomic E-state index is 5.27. The first kappa shape index (κ1) is 9.22. The molecule has 0 spiro atoms. The highest BCUT2D eigenvalue weighted by Crippen LogP contribution is 2.40. The molecule has 2 aliphatic heterocycles. The standard InChI is InChI=1S/C13H17NO/c1-15-11-4-2-3-9(7-11)12-8-10-5-6-13(12)14-10/h2-4,7,10,12-14H,5-6,8H2,1H3/t10-,12+,13+/m1/s1. The van der Waals surface area contributed by atoms with Gasteiger partial charge in [-0.3, -0.25) is 0 Å². The van der Waals surface area contributed by atoms with E-state index in [2.05, 4.69) is 23.5 Å². The summed E-state index contributed by atoms with van der Waals surface area (Å²) < 4.78 is 5.27. The fourth-order valence-corrected chi connectivity index (χ4v) is 3.06. The molecule has 2 nitrogen and oxygen atoms in total. The van der Waals surface area contributed by atoms with Gasteiger partial charge in [0, 0.05) is 18.0 Å². The van der Waals surface area contributed by atoms with Crippen molar-refractivity contribution >= 4 is 0 Å². The van der Waals surface area contributed by atoms with Crippen molar-refractivity contribution in [2.24, 2.45) is 0 Å². The van der Waals surface area contributed by atoms with Gasteiger partial charge in [-0.05, 0) is 37.0 Å². The molecule has 1 N–H and O–H groups in total. The SMILES string of the molecule is COc1cccc([C@@H]2C[C@H]3CC[C@@H]2N3)c1. The van der Waals surface area contributed by atoms with Gasteiger partial charge in [-0.25, -0.2) is 0 Å². The lowest BCUT2D eigenvalue weighted by atomic mass is 9.84. The Morgan fingerprint density at radius 2 is 2.27 bits per heavy atom. The molecule has 2 heterocycles. The number of rotatable bonds is 2. The van der Waals surface area contributed by atoms with Gasteiger partial charge in [0.25, 0.3) is 0 Å². The van der Waals surface area contributed by atoms with E-state index in [0.29, 0.717) is 12.0 Å². The summed E-state index contributed by atoms with van der Waals surface area (Å²) in [7, 11) is 1.73. The molecule has 0 amide bonds. The lowest BCUT2D eigenvalue weighted by molar-refractivity contribution is 0.412. The number of fused-ring (bicyclic) bond motifs is 2. The summed E-state index contributed by atoms with van der Waals surface area (Å²) in [4.78, 5) is 0. The third-order valence-corrected chi connectivity index (χ3v) is 3.82. The minimum absolute atomic E-state index is 0.707. The highest BCUT2D eigenvalue weighted by atomic mass is 16.5. The van der Waals surface area contributed by atoms with E-state index < -0.39 is 0 Å². The molecule has 2 aliphatic rings. The first-order valence-electron chi connectivity index (χ1n) is 5.77. The Morgan fingerprint density at radius 3 is 2.93 bits per heavy atom. The molecule has 2 heteroatoms. The average Bonchev–Trinajstić information content (AvgIpc) is 2.91. The normalized spacial score (nSPS) is 33.3. The number of hydrogen-bond acceptors (Lipinski definition) is 2. The first-order valence-corrected chi connectivity index (χ1v) is 5.77. The van der Waals surface area contributed by atoms with Crippen LogP contribution in [0.2, 0.25) is 0 Å². The predicted octanol–water partition coefficient (Wildman–Crippen LogP) is 2.30. The van der Waals surface area contributed by atoms with E-state index in [-0.39, 0.29) is 0 Å². The molecule has 3 rings (SSSR count). The number of methoxy groups -OCH3 is 1. The monoisotopic (exact) mass is 203 g/mol. The second kappa shape index (κ2) is 3.53. The van der Waals surface area contributed by atoms with E-state index in [1.807, 2.05) is 6.07 Å². The van der Waals surface area contributed by atoms with Gasteiger partial charge in [-0.1, -0.05) is 12.1 Å². The van der Waals surface area contributed by atoms with Crippen LogP contribution in [0, 0.1) is 0 Å². The van der Waals surface area contributed by atoms with Crippen LogP contribution < -0.4 is 10.1 Å². The van der Waals surface area contributed by atoms with Crippen molar-refractivity contribution in [1.82, 2.24) is 5.32 Å². The summed E-state index contributed by atoms with van der Waals surface area (Å²) in [6.07, 6.45) is 4.01. The third kappa shape index (κ3) is 1.53. The molecule has 2 saturated heterocycles. The molecule has 0 aliphatic carbocycles. The molecule has 0 radical (unpaired) electrons. The van der Waals surface area contributed by atoms with E-state index >= 15 is 0 Å². The lowest BCUT2D eigenvalue weighted by Crippen LogP contribution is -2.21. The number of hydrogen-bond donors (Lipinski definition) is 1. The molecule has 1 aromatic carbocycles. The average molecular weight is 203 g/mol. The van der Waals surface area contributed by atoms with Crippen LogP contribution in [-0.2, 0) is 0 Å². The van der Waals surface area contributed by atoms with Crippen molar-refractivity contribution in [3.8, 4) is 5.75 Å². The van der Waals surface area contributed by atoms with Crippen molar-refractivity contribution in [1.29, 1.82) is 0 Å². The van der Waals surface area contributed by atoms with Crippen molar-refractivity contribution in [2.45, 2.75) is 37.3 Å². The zero-order valence-electron chi connectivity index (χ0n) is 9.07. The van der Waals surface area contributed by atoms with Crippen molar-refractivity contribution in [3.63, 3.8) is 0 Å². The Kier molecular flexibility index (Phi) is 2.17. The fourth-order valence-electron chi connectivity index (χ4n) is 3.06. The predicted molar refractivity (Wildman–Crippen MR) is 60.3 cm³/mol. The number of ether oxygens (including phenoxy) is 1. The second-order valence-corrected chi connectivity index (χ2v) is 4.67.